The Labute approximate surface area is 191 Å². The third-order valence-corrected chi connectivity index (χ3v) is 4.46. The Bertz CT molecular complexity index is 1110. The summed E-state index contributed by atoms with van der Waals surface area (Å²) in [7, 11) is 1.72. The summed E-state index contributed by atoms with van der Waals surface area (Å²) in [4.78, 5) is 26.7. The van der Waals surface area contributed by atoms with Gasteiger partial charge in [0, 0.05) is 12.6 Å². The van der Waals surface area contributed by atoms with E-state index in [2.05, 4.69) is 43.1 Å². The molecule has 0 saturated carbocycles. The van der Waals surface area contributed by atoms with Crippen molar-refractivity contribution in [1.29, 1.82) is 0 Å². The molecule has 0 fully saturated rings. The van der Waals surface area contributed by atoms with Crippen molar-refractivity contribution < 1.29 is 14.5 Å². The lowest BCUT2D eigenvalue weighted by atomic mass is 10.1. The van der Waals surface area contributed by atoms with Gasteiger partial charge >= 0.3 is 6.09 Å². The fourth-order valence-corrected chi connectivity index (χ4v) is 2.77. The van der Waals surface area contributed by atoms with E-state index in [-0.39, 0.29) is 6.61 Å². The predicted molar refractivity (Wildman–Crippen MR) is 123 cm³/mol. The monoisotopic (exact) mass is 450 g/mol. The second-order valence-corrected chi connectivity index (χ2v) is 7.15. The smallest absolute Gasteiger partial charge is 0.389 e. The SMILES string of the molecule is CCCC/C(C)=N/OC(=O)Nc1cccc(CO/N=C(/c2ccccc2)c2nnnn2C)n1. The zero-order valence-electron chi connectivity index (χ0n) is 18.8. The van der Waals surface area contributed by atoms with Crippen molar-refractivity contribution in [3.63, 3.8) is 0 Å². The van der Waals surface area contributed by atoms with Crippen LogP contribution in [-0.2, 0) is 23.3 Å². The molecule has 1 aromatic carbocycles. The van der Waals surface area contributed by atoms with Gasteiger partial charge in [-0.2, -0.15) is 0 Å². The summed E-state index contributed by atoms with van der Waals surface area (Å²) < 4.78 is 1.51. The van der Waals surface area contributed by atoms with Crippen LogP contribution in [0.2, 0.25) is 0 Å². The zero-order valence-corrected chi connectivity index (χ0v) is 18.8. The predicted octanol–water partition coefficient (Wildman–Crippen LogP) is 3.69. The highest BCUT2D eigenvalue weighted by atomic mass is 16.7. The van der Waals surface area contributed by atoms with E-state index in [1.807, 2.05) is 37.3 Å². The average Bonchev–Trinajstić information content (AvgIpc) is 3.25. The molecule has 2 heterocycles. The number of hydrogen-bond acceptors (Lipinski definition) is 9. The molecule has 0 aliphatic rings. The molecule has 1 N–H and O–H groups in total. The van der Waals surface area contributed by atoms with E-state index in [4.69, 9.17) is 9.68 Å². The molecular weight excluding hydrogens is 424 g/mol. The van der Waals surface area contributed by atoms with Crippen molar-refractivity contribution in [1.82, 2.24) is 25.2 Å². The van der Waals surface area contributed by atoms with E-state index in [1.165, 1.54) is 4.68 Å². The van der Waals surface area contributed by atoms with Crippen molar-refractivity contribution in [2.24, 2.45) is 17.4 Å². The van der Waals surface area contributed by atoms with Crippen LogP contribution in [0.3, 0.4) is 0 Å². The van der Waals surface area contributed by atoms with E-state index in [0.717, 1.165) is 30.5 Å². The highest BCUT2D eigenvalue weighted by Crippen LogP contribution is 2.11. The van der Waals surface area contributed by atoms with Crippen LogP contribution in [0.5, 0.6) is 0 Å². The Morgan fingerprint density at radius 3 is 2.67 bits per heavy atom. The maximum absolute atomic E-state index is 12.0. The van der Waals surface area contributed by atoms with Crippen molar-refractivity contribution in [3.05, 3.63) is 65.6 Å². The van der Waals surface area contributed by atoms with Gasteiger partial charge in [-0.25, -0.2) is 14.5 Å². The fourth-order valence-electron chi connectivity index (χ4n) is 2.77. The third kappa shape index (κ3) is 7.20. The minimum atomic E-state index is -0.712. The molecule has 0 bridgehead atoms. The lowest BCUT2D eigenvalue weighted by Gasteiger charge is -2.07. The number of unbranched alkanes of at least 4 members (excludes halogenated alkanes) is 1. The molecule has 0 radical (unpaired) electrons. The summed E-state index contributed by atoms with van der Waals surface area (Å²) >= 11 is 0. The van der Waals surface area contributed by atoms with Crippen molar-refractivity contribution in [2.45, 2.75) is 39.7 Å². The van der Waals surface area contributed by atoms with Crippen LogP contribution in [0.15, 0.2) is 58.8 Å². The first-order valence-corrected chi connectivity index (χ1v) is 10.5. The lowest BCUT2D eigenvalue weighted by molar-refractivity contribution is 0.128. The number of rotatable bonds is 10. The van der Waals surface area contributed by atoms with E-state index < -0.39 is 6.09 Å². The topological polar surface area (TPSA) is 129 Å². The van der Waals surface area contributed by atoms with Gasteiger partial charge in [0.05, 0.1) is 11.4 Å². The number of hydrogen-bond donors (Lipinski definition) is 1. The molecule has 0 saturated heterocycles. The van der Waals surface area contributed by atoms with Crippen LogP contribution < -0.4 is 5.32 Å². The van der Waals surface area contributed by atoms with E-state index in [9.17, 15) is 4.79 Å². The number of carbonyl (C=O) groups excluding carboxylic acids is 1. The number of aromatic nitrogens is 5. The number of carbonyl (C=O) groups is 1. The first-order chi connectivity index (χ1) is 16.1. The molecule has 172 valence electrons. The van der Waals surface area contributed by atoms with Gasteiger partial charge in [0.1, 0.15) is 5.82 Å². The zero-order chi connectivity index (χ0) is 23.5. The maximum Gasteiger partial charge on any atom is 0.439 e. The second kappa shape index (κ2) is 12.0. The molecule has 0 aliphatic carbocycles. The van der Waals surface area contributed by atoms with Gasteiger partial charge in [-0.15, -0.1) is 5.10 Å². The van der Waals surface area contributed by atoms with Gasteiger partial charge in [-0.05, 0) is 42.3 Å². The molecule has 0 aliphatic heterocycles. The molecule has 2 aromatic heterocycles. The summed E-state index contributed by atoms with van der Waals surface area (Å²) in [5.41, 5.74) is 2.60. The van der Waals surface area contributed by atoms with Gasteiger partial charge in [-0.1, -0.05) is 60.1 Å². The van der Waals surface area contributed by atoms with E-state index in [1.54, 1.807) is 25.2 Å². The summed E-state index contributed by atoms with van der Waals surface area (Å²) in [5.74, 6) is 0.773. The number of amides is 1. The lowest BCUT2D eigenvalue weighted by Crippen LogP contribution is -2.13. The molecule has 11 nitrogen and oxygen atoms in total. The minimum Gasteiger partial charge on any atom is -0.389 e. The molecular formula is C22H26N8O3. The van der Waals surface area contributed by atoms with Gasteiger partial charge in [-0.3, -0.25) is 10.2 Å². The average molecular weight is 451 g/mol. The minimum absolute atomic E-state index is 0.0699. The maximum atomic E-state index is 12.0. The van der Waals surface area contributed by atoms with Crippen LogP contribution in [0, 0.1) is 0 Å². The Morgan fingerprint density at radius 2 is 1.94 bits per heavy atom. The molecule has 1 amide bonds. The highest BCUT2D eigenvalue weighted by Gasteiger charge is 2.15. The largest absolute Gasteiger partial charge is 0.439 e. The third-order valence-electron chi connectivity index (χ3n) is 4.46. The Hall–Kier alpha value is -4.15. The fraction of sp³-hybridized carbons (Fsp3) is 0.318. The van der Waals surface area contributed by atoms with Gasteiger partial charge in [0.2, 0.25) is 5.82 Å². The van der Waals surface area contributed by atoms with Gasteiger partial charge in [0.25, 0.3) is 0 Å². The summed E-state index contributed by atoms with van der Waals surface area (Å²) in [5, 5.41) is 22.1. The summed E-state index contributed by atoms with van der Waals surface area (Å²) in [6, 6.07) is 14.6. The number of tetrazole rings is 1. The number of nitrogens with zero attached hydrogens (tertiary/aromatic N) is 7. The highest BCUT2D eigenvalue weighted by molar-refractivity contribution is 6.10. The van der Waals surface area contributed by atoms with Crippen molar-refractivity contribution >= 4 is 23.3 Å². The number of pyridine rings is 1. The quantitative estimate of drug-likeness (QED) is 0.283. The van der Waals surface area contributed by atoms with E-state index >= 15 is 0 Å². The number of oxime groups is 2. The second-order valence-electron chi connectivity index (χ2n) is 7.15. The first kappa shape index (κ1) is 23.5. The standard InChI is InChI=1S/C22H26N8O3/c1-4-5-10-16(2)26-33-22(31)24-19-14-9-13-18(23-19)15-32-27-20(17-11-7-6-8-12-17)21-25-28-29-30(21)3/h6-9,11-14H,4-5,10,15H2,1-3H3,(H,23,24,31)/b26-16+,27-20-. The number of anilines is 1. The van der Waals surface area contributed by atoms with Crippen LogP contribution in [-0.4, -0.2) is 42.7 Å². The Morgan fingerprint density at radius 1 is 1.12 bits per heavy atom. The molecule has 0 atom stereocenters. The van der Waals surface area contributed by atoms with Gasteiger partial charge < -0.3 is 4.84 Å². The first-order valence-electron chi connectivity index (χ1n) is 10.5. The number of benzene rings is 1. The molecule has 0 spiro atoms. The van der Waals surface area contributed by atoms with E-state index in [0.29, 0.717) is 23.0 Å². The normalized spacial score (nSPS) is 11.8. The van der Waals surface area contributed by atoms with Crippen LogP contribution in [0.4, 0.5) is 10.6 Å². The summed E-state index contributed by atoms with van der Waals surface area (Å²) in [6.45, 7) is 3.98. The Balaban J connectivity index is 1.63. The molecule has 3 aromatic rings. The molecule has 11 heteroatoms. The molecule has 33 heavy (non-hydrogen) atoms. The van der Waals surface area contributed by atoms with Crippen LogP contribution in [0.1, 0.15) is 50.2 Å². The molecule has 3 rings (SSSR count). The van der Waals surface area contributed by atoms with Crippen LogP contribution in [0.25, 0.3) is 0 Å². The van der Waals surface area contributed by atoms with Crippen molar-refractivity contribution in [2.75, 3.05) is 5.32 Å². The van der Waals surface area contributed by atoms with Gasteiger partial charge in [0.15, 0.2) is 12.3 Å². The summed E-state index contributed by atoms with van der Waals surface area (Å²) in [6.07, 6.45) is 2.11. The van der Waals surface area contributed by atoms with Crippen molar-refractivity contribution in [3.8, 4) is 0 Å². The Kier molecular flexibility index (Phi) is 8.57. The number of nitrogens with one attached hydrogen (secondary N) is 1. The van der Waals surface area contributed by atoms with Crippen LogP contribution >= 0.6 is 0 Å². The molecule has 0 unspecified atom stereocenters. The number of aryl methyl sites for hydroxylation is 1.